The number of benzene rings is 1. The van der Waals surface area contributed by atoms with E-state index in [2.05, 4.69) is 10.6 Å². The van der Waals surface area contributed by atoms with Gasteiger partial charge in [-0.25, -0.2) is 4.39 Å². The second-order valence-electron chi connectivity index (χ2n) is 4.56. The van der Waals surface area contributed by atoms with Crippen molar-refractivity contribution in [1.82, 2.24) is 10.6 Å². The molecule has 1 fully saturated rings. The molecule has 0 aliphatic heterocycles. The van der Waals surface area contributed by atoms with Crippen LogP contribution in [0.2, 0.25) is 0 Å². The zero-order valence-corrected chi connectivity index (χ0v) is 10.1. The number of amides is 1. The van der Waals surface area contributed by atoms with Gasteiger partial charge in [-0.15, -0.1) is 0 Å². The third-order valence-electron chi connectivity index (χ3n) is 2.82. The van der Waals surface area contributed by atoms with E-state index in [-0.39, 0.29) is 17.6 Å². The second-order valence-corrected chi connectivity index (χ2v) is 4.56. The molecule has 0 aromatic heterocycles. The first kappa shape index (κ1) is 12.8. The monoisotopic (exact) mass is 252 g/mol. The fourth-order valence-electron chi connectivity index (χ4n) is 1.73. The molecule has 2 rings (SSSR count). The van der Waals surface area contributed by atoms with E-state index >= 15 is 0 Å². The van der Waals surface area contributed by atoms with Gasteiger partial charge < -0.3 is 15.7 Å². The van der Waals surface area contributed by atoms with E-state index in [0.29, 0.717) is 25.2 Å². The first-order valence-electron chi connectivity index (χ1n) is 6.12. The molecule has 18 heavy (non-hydrogen) atoms. The minimum atomic E-state index is -0.450. The van der Waals surface area contributed by atoms with Crippen molar-refractivity contribution in [3.05, 3.63) is 29.6 Å². The number of nitrogens with one attached hydrogen (secondary N) is 2. The Hall–Kier alpha value is -1.62. The van der Waals surface area contributed by atoms with Crippen molar-refractivity contribution in [1.29, 1.82) is 0 Å². The van der Waals surface area contributed by atoms with Gasteiger partial charge in [-0.3, -0.25) is 4.79 Å². The van der Waals surface area contributed by atoms with Gasteiger partial charge in [-0.2, -0.15) is 0 Å². The number of aromatic hydroxyl groups is 1. The van der Waals surface area contributed by atoms with Crippen molar-refractivity contribution in [2.24, 2.45) is 5.92 Å². The predicted octanol–water partition coefficient (Wildman–Crippen LogP) is 1.15. The summed E-state index contributed by atoms with van der Waals surface area (Å²) >= 11 is 0. The maximum absolute atomic E-state index is 13.0. The standard InChI is InChI=1S/C13H17FN2O2/c14-11-5-9(6-12(17)7-11)8-15-3-4-16-13(18)10-1-2-10/h5-7,10,15,17H,1-4,8H2,(H,16,18). The molecular weight excluding hydrogens is 235 g/mol. The third-order valence-corrected chi connectivity index (χ3v) is 2.82. The summed E-state index contributed by atoms with van der Waals surface area (Å²) in [6.07, 6.45) is 2.00. The Kier molecular flexibility index (Phi) is 4.15. The topological polar surface area (TPSA) is 61.4 Å². The van der Waals surface area contributed by atoms with Gasteiger partial charge in [0.25, 0.3) is 0 Å². The fourth-order valence-corrected chi connectivity index (χ4v) is 1.73. The Bertz CT molecular complexity index is 413. The maximum atomic E-state index is 13.0. The van der Waals surface area contributed by atoms with Crippen LogP contribution in [-0.4, -0.2) is 24.1 Å². The molecule has 1 amide bonds. The number of phenols is 1. The van der Waals surface area contributed by atoms with E-state index in [1.165, 1.54) is 12.1 Å². The molecule has 1 aromatic carbocycles. The molecular formula is C13H17FN2O2. The predicted molar refractivity (Wildman–Crippen MR) is 65.5 cm³/mol. The van der Waals surface area contributed by atoms with Crippen LogP contribution >= 0.6 is 0 Å². The number of hydrogen-bond donors (Lipinski definition) is 3. The molecule has 4 nitrogen and oxygen atoms in total. The fraction of sp³-hybridized carbons (Fsp3) is 0.462. The molecule has 5 heteroatoms. The van der Waals surface area contributed by atoms with Gasteiger partial charge in [0.05, 0.1) is 0 Å². The molecule has 0 saturated heterocycles. The summed E-state index contributed by atoms with van der Waals surface area (Å²) in [6, 6.07) is 3.95. The Balaban J connectivity index is 1.63. The molecule has 0 heterocycles. The van der Waals surface area contributed by atoms with Crippen molar-refractivity contribution in [2.75, 3.05) is 13.1 Å². The molecule has 0 atom stereocenters. The largest absolute Gasteiger partial charge is 0.508 e. The van der Waals surface area contributed by atoms with E-state index in [4.69, 9.17) is 0 Å². The quantitative estimate of drug-likeness (QED) is 0.665. The van der Waals surface area contributed by atoms with E-state index in [1.807, 2.05) is 0 Å². The summed E-state index contributed by atoms with van der Waals surface area (Å²) < 4.78 is 13.0. The van der Waals surface area contributed by atoms with Crippen LogP contribution in [0.5, 0.6) is 5.75 Å². The lowest BCUT2D eigenvalue weighted by molar-refractivity contribution is -0.122. The van der Waals surface area contributed by atoms with Crippen LogP contribution in [0.15, 0.2) is 18.2 Å². The summed E-state index contributed by atoms with van der Waals surface area (Å²) in [7, 11) is 0. The van der Waals surface area contributed by atoms with Crippen LogP contribution in [0.3, 0.4) is 0 Å². The zero-order valence-electron chi connectivity index (χ0n) is 10.1. The summed E-state index contributed by atoms with van der Waals surface area (Å²) in [5.41, 5.74) is 0.681. The first-order chi connectivity index (χ1) is 8.65. The number of rotatable bonds is 6. The Morgan fingerprint density at radius 1 is 1.33 bits per heavy atom. The van der Waals surface area contributed by atoms with Gasteiger partial charge in [-0.1, -0.05) is 0 Å². The first-order valence-corrected chi connectivity index (χ1v) is 6.12. The van der Waals surface area contributed by atoms with Gasteiger partial charge in [0.1, 0.15) is 11.6 Å². The molecule has 1 saturated carbocycles. The molecule has 1 aliphatic carbocycles. The van der Waals surface area contributed by atoms with E-state index in [1.54, 1.807) is 0 Å². The number of phenolic OH excluding ortho intramolecular Hbond substituents is 1. The minimum Gasteiger partial charge on any atom is -0.508 e. The van der Waals surface area contributed by atoms with Crippen LogP contribution in [0.4, 0.5) is 4.39 Å². The highest BCUT2D eigenvalue weighted by Gasteiger charge is 2.28. The zero-order chi connectivity index (χ0) is 13.0. The Morgan fingerprint density at radius 3 is 2.78 bits per heavy atom. The average molecular weight is 252 g/mol. The van der Waals surface area contributed by atoms with Gasteiger partial charge in [0, 0.05) is 31.6 Å². The number of carbonyl (C=O) groups is 1. The normalized spacial score (nSPS) is 14.5. The van der Waals surface area contributed by atoms with Crippen LogP contribution in [0, 0.1) is 11.7 Å². The van der Waals surface area contributed by atoms with Gasteiger partial charge >= 0.3 is 0 Å². The Morgan fingerprint density at radius 2 is 2.11 bits per heavy atom. The summed E-state index contributed by atoms with van der Waals surface area (Å²) in [6.45, 7) is 1.65. The van der Waals surface area contributed by atoms with E-state index < -0.39 is 5.82 Å². The lowest BCUT2D eigenvalue weighted by Crippen LogP contribution is -2.32. The molecule has 0 spiro atoms. The molecule has 3 N–H and O–H groups in total. The highest BCUT2D eigenvalue weighted by molar-refractivity contribution is 5.80. The Labute approximate surface area is 105 Å². The molecule has 98 valence electrons. The van der Waals surface area contributed by atoms with E-state index in [0.717, 1.165) is 18.9 Å². The highest BCUT2D eigenvalue weighted by Crippen LogP contribution is 2.28. The molecule has 1 aromatic rings. The summed E-state index contributed by atoms with van der Waals surface area (Å²) in [4.78, 5) is 11.3. The second kappa shape index (κ2) is 5.82. The maximum Gasteiger partial charge on any atom is 0.223 e. The van der Waals surface area contributed by atoms with Gasteiger partial charge in [-0.05, 0) is 30.5 Å². The van der Waals surface area contributed by atoms with Gasteiger partial charge in [0.2, 0.25) is 5.91 Å². The SMILES string of the molecule is O=C(NCCNCc1cc(O)cc(F)c1)C1CC1. The lowest BCUT2D eigenvalue weighted by Gasteiger charge is -2.07. The van der Waals surface area contributed by atoms with Crippen molar-refractivity contribution >= 4 is 5.91 Å². The van der Waals surface area contributed by atoms with Crippen LogP contribution in [0.1, 0.15) is 18.4 Å². The minimum absolute atomic E-state index is 0.0752. The molecule has 0 unspecified atom stereocenters. The smallest absolute Gasteiger partial charge is 0.223 e. The van der Waals surface area contributed by atoms with Crippen molar-refractivity contribution < 1.29 is 14.3 Å². The van der Waals surface area contributed by atoms with Crippen molar-refractivity contribution in [3.63, 3.8) is 0 Å². The van der Waals surface area contributed by atoms with Crippen LogP contribution in [0.25, 0.3) is 0 Å². The van der Waals surface area contributed by atoms with Crippen LogP contribution in [-0.2, 0) is 11.3 Å². The van der Waals surface area contributed by atoms with Crippen LogP contribution < -0.4 is 10.6 Å². The van der Waals surface area contributed by atoms with Gasteiger partial charge in [0.15, 0.2) is 0 Å². The van der Waals surface area contributed by atoms with Crippen molar-refractivity contribution in [3.8, 4) is 5.75 Å². The number of hydrogen-bond acceptors (Lipinski definition) is 3. The molecule has 0 radical (unpaired) electrons. The molecule has 0 bridgehead atoms. The molecule has 1 aliphatic rings. The van der Waals surface area contributed by atoms with E-state index in [9.17, 15) is 14.3 Å². The lowest BCUT2D eigenvalue weighted by atomic mass is 10.2. The van der Waals surface area contributed by atoms with Crippen molar-refractivity contribution in [2.45, 2.75) is 19.4 Å². The number of halogens is 1. The average Bonchev–Trinajstić information content (AvgIpc) is 3.10. The summed E-state index contributed by atoms with van der Waals surface area (Å²) in [5, 5.41) is 15.1. The highest BCUT2D eigenvalue weighted by atomic mass is 19.1. The number of carbonyl (C=O) groups excluding carboxylic acids is 1. The summed E-state index contributed by atoms with van der Waals surface area (Å²) in [5.74, 6) is -0.173. The third kappa shape index (κ3) is 4.00.